The molecular weight excluding hydrogens is 402 g/mol. The lowest BCUT2D eigenvalue weighted by molar-refractivity contribution is 0.00617. The number of ether oxygens (including phenoxy) is 1. The first-order valence-corrected chi connectivity index (χ1v) is 11.8. The standard InChI is InChI=1S/C25H35N5O2/c1-15(2)18-10-9-16(3)13-21(18)32-25(31)27-12-11-17(4)30-14-28-22-23(30)19-7-5-6-8-20(19)29-24(22)26/h5-8,14-18,21H,9-13H2,1-4H3,(H2,26,29)(H,27,31)/t16-,17?,18+,21-/m1/s1. The SMILES string of the molecule is CC(C)[C@@H]1CC[C@@H](C)C[C@H]1OC(=O)NCCC(C)n1cnc2c(N)nc3ccccc3c21. The van der Waals surface area contributed by atoms with Crippen LogP contribution in [0.25, 0.3) is 21.9 Å². The summed E-state index contributed by atoms with van der Waals surface area (Å²) in [6.07, 6.45) is 5.58. The van der Waals surface area contributed by atoms with E-state index in [1.165, 1.54) is 6.42 Å². The molecule has 3 aromatic rings. The maximum absolute atomic E-state index is 12.5. The number of aromatic nitrogens is 3. The van der Waals surface area contributed by atoms with Crippen molar-refractivity contribution in [3.8, 4) is 0 Å². The van der Waals surface area contributed by atoms with Crippen LogP contribution in [0.3, 0.4) is 0 Å². The van der Waals surface area contributed by atoms with Crippen molar-refractivity contribution in [3.05, 3.63) is 30.6 Å². The zero-order chi connectivity index (χ0) is 22.8. The lowest BCUT2D eigenvalue weighted by Crippen LogP contribution is -2.39. The first-order valence-electron chi connectivity index (χ1n) is 11.8. The van der Waals surface area contributed by atoms with E-state index in [4.69, 9.17) is 10.5 Å². The molecule has 0 aliphatic heterocycles. The lowest BCUT2D eigenvalue weighted by atomic mass is 9.75. The molecule has 1 aliphatic rings. The minimum absolute atomic E-state index is 0.00982. The van der Waals surface area contributed by atoms with Gasteiger partial charge in [0, 0.05) is 18.0 Å². The quantitative estimate of drug-likeness (QED) is 0.545. The normalized spacial score (nSPS) is 22.3. The first kappa shape index (κ1) is 22.4. The number of pyridine rings is 1. The summed E-state index contributed by atoms with van der Waals surface area (Å²) in [5.74, 6) is 2.01. The molecule has 2 heterocycles. The van der Waals surface area contributed by atoms with Gasteiger partial charge in [0.1, 0.15) is 11.6 Å². The van der Waals surface area contributed by atoms with Crippen LogP contribution in [0.4, 0.5) is 10.6 Å². The van der Waals surface area contributed by atoms with E-state index in [1.54, 1.807) is 0 Å². The highest BCUT2D eigenvalue weighted by molar-refractivity contribution is 6.06. The van der Waals surface area contributed by atoms with Gasteiger partial charge in [0.2, 0.25) is 0 Å². The molecular formula is C25H35N5O2. The molecule has 0 saturated heterocycles. The number of amides is 1. The molecule has 3 N–H and O–H groups in total. The minimum atomic E-state index is -0.309. The number of carbonyl (C=O) groups excluding carboxylic acids is 1. The summed E-state index contributed by atoms with van der Waals surface area (Å²) in [5, 5.41) is 3.99. The van der Waals surface area contributed by atoms with Gasteiger partial charge >= 0.3 is 6.09 Å². The highest BCUT2D eigenvalue weighted by Gasteiger charge is 2.33. The van der Waals surface area contributed by atoms with Crippen LogP contribution in [0.5, 0.6) is 0 Å². The Morgan fingerprint density at radius 1 is 1.28 bits per heavy atom. The Morgan fingerprint density at radius 3 is 2.84 bits per heavy atom. The Bertz CT molecular complexity index is 1090. The smallest absolute Gasteiger partial charge is 0.407 e. The van der Waals surface area contributed by atoms with Crippen molar-refractivity contribution in [1.82, 2.24) is 19.9 Å². The van der Waals surface area contributed by atoms with Crippen molar-refractivity contribution >= 4 is 33.8 Å². The van der Waals surface area contributed by atoms with Gasteiger partial charge in [-0.1, -0.05) is 45.4 Å². The van der Waals surface area contributed by atoms with E-state index in [1.807, 2.05) is 30.6 Å². The summed E-state index contributed by atoms with van der Waals surface area (Å²) < 4.78 is 7.98. The van der Waals surface area contributed by atoms with Gasteiger partial charge in [-0.3, -0.25) is 0 Å². The minimum Gasteiger partial charge on any atom is -0.446 e. The van der Waals surface area contributed by atoms with Gasteiger partial charge in [0.05, 0.1) is 17.4 Å². The van der Waals surface area contributed by atoms with Crippen molar-refractivity contribution in [2.75, 3.05) is 12.3 Å². The molecule has 7 nitrogen and oxygen atoms in total. The molecule has 1 unspecified atom stereocenters. The summed E-state index contributed by atoms with van der Waals surface area (Å²) >= 11 is 0. The second-order valence-corrected chi connectivity index (χ2v) is 9.70. The maximum atomic E-state index is 12.5. The third-order valence-electron chi connectivity index (χ3n) is 6.96. The van der Waals surface area contributed by atoms with E-state index < -0.39 is 0 Å². The molecule has 4 rings (SSSR count). The predicted molar refractivity (Wildman–Crippen MR) is 128 cm³/mol. The molecule has 0 radical (unpaired) electrons. The molecule has 7 heteroatoms. The van der Waals surface area contributed by atoms with Crippen LogP contribution >= 0.6 is 0 Å². The molecule has 172 valence electrons. The molecule has 1 aliphatic carbocycles. The van der Waals surface area contributed by atoms with Crippen molar-refractivity contribution in [3.63, 3.8) is 0 Å². The van der Waals surface area contributed by atoms with Crippen LogP contribution in [0.2, 0.25) is 0 Å². The fourth-order valence-corrected chi connectivity index (χ4v) is 5.06. The first-order chi connectivity index (χ1) is 15.3. The van der Waals surface area contributed by atoms with Gasteiger partial charge in [0.25, 0.3) is 0 Å². The number of imidazole rings is 1. The van der Waals surface area contributed by atoms with Crippen LogP contribution in [-0.2, 0) is 4.74 Å². The van der Waals surface area contributed by atoms with Crippen molar-refractivity contribution in [2.45, 2.75) is 65.5 Å². The number of rotatable bonds is 6. The van der Waals surface area contributed by atoms with Crippen LogP contribution in [0.15, 0.2) is 30.6 Å². The van der Waals surface area contributed by atoms with Crippen LogP contribution in [0, 0.1) is 17.8 Å². The fourth-order valence-electron chi connectivity index (χ4n) is 5.06. The number of carbonyl (C=O) groups is 1. The van der Waals surface area contributed by atoms with Crippen molar-refractivity contribution < 1.29 is 9.53 Å². The van der Waals surface area contributed by atoms with Crippen molar-refractivity contribution in [2.24, 2.45) is 17.8 Å². The van der Waals surface area contributed by atoms with Crippen LogP contribution in [-0.4, -0.2) is 33.3 Å². The van der Waals surface area contributed by atoms with Crippen LogP contribution < -0.4 is 11.1 Å². The number of alkyl carbamates (subject to hydrolysis) is 1. The number of benzene rings is 1. The van der Waals surface area contributed by atoms with E-state index in [0.29, 0.717) is 35.6 Å². The summed E-state index contributed by atoms with van der Waals surface area (Å²) in [7, 11) is 0. The number of nitrogens with two attached hydrogens (primary N) is 1. The number of nitrogen functional groups attached to an aromatic ring is 1. The van der Waals surface area contributed by atoms with Gasteiger partial charge in [-0.15, -0.1) is 0 Å². The lowest BCUT2D eigenvalue weighted by Gasteiger charge is -2.36. The number of nitrogens with zero attached hydrogens (tertiary/aromatic N) is 3. The molecule has 32 heavy (non-hydrogen) atoms. The Balaban J connectivity index is 1.39. The second-order valence-electron chi connectivity index (χ2n) is 9.70. The number of hydrogen-bond acceptors (Lipinski definition) is 5. The van der Waals surface area contributed by atoms with E-state index in [-0.39, 0.29) is 18.2 Å². The van der Waals surface area contributed by atoms with E-state index in [9.17, 15) is 4.79 Å². The summed E-state index contributed by atoms with van der Waals surface area (Å²) in [6.45, 7) is 9.34. The summed E-state index contributed by atoms with van der Waals surface area (Å²) in [6, 6.07) is 8.08. The molecule has 2 aromatic heterocycles. The molecule has 1 fully saturated rings. The van der Waals surface area contributed by atoms with Crippen LogP contribution in [0.1, 0.15) is 59.4 Å². The number of anilines is 1. The largest absolute Gasteiger partial charge is 0.446 e. The molecule has 1 saturated carbocycles. The maximum Gasteiger partial charge on any atom is 0.407 e. The molecule has 1 amide bonds. The third-order valence-corrected chi connectivity index (χ3v) is 6.96. The summed E-state index contributed by atoms with van der Waals surface area (Å²) in [5.41, 5.74) is 8.70. The Kier molecular flexibility index (Phi) is 6.53. The van der Waals surface area contributed by atoms with E-state index in [0.717, 1.165) is 35.7 Å². The Morgan fingerprint density at radius 2 is 2.06 bits per heavy atom. The second kappa shape index (κ2) is 9.35. The van der Waals surface area contributed by atoms with E-state index in [2.05, 4.69) is 47.5 Å². The van der Waals surface area contributed by atoms with Gasteiger partial charge in [-0.25, -0.2) is 14.8 Å². The monoisotopic (exact) mass is 437 g/mol. The zero-order valence-corrected chi connectivity index (χ0v) is 19.5. The van der Waals surface area contributed by atoms with Gasteiger partial charge in [0.15, 0.2) is 5.82 Å². The Labute approximate surface area is 189 Å². The Hall–Kier alpha value is -2.83. The number of fused-ring (bicyclic) bond motifs is 3. The van der Waals surface area contributed by atoms with Gasteiger partial charge in [-0.05, 0) is 50.0 Å². The summed E-state index contributed by atoms with van der Waals surface area (Å²) in [4.78, 5) is 21.5. The van der Waals surface area contributed by atoms with Crippen molar-refractivity contribution in [1.29, 1.82) is 0 Å². The third kappa shape index (κ3) is 4.52. The average Bonchev–Trinajstić information content (AvgIpc) is 3.20. The predicted octanol–water partition coefficient (Wildman–Crippen LogP) is 5.30. The zero-order valence-electron chi connectivity index (χ0n) is 19.5. The highest BCUT2D eigenvalue weighted by atomic mass is 16.6. The molecule has 1 aromatic carbocycles. The van der Waals surface area contributed by atoms with Gasteiger partial charge in [-0.2, -0.15) is 0 Å². The van der Waals surface area contributed by atoms with E-state index >= 15 is 0 Å². The number of para-hydroxylation sites is 1. The molecule has 0 bridgehead atoms. The van der Waals surface area contributed by atoms with Gasteiger partial charge < -0.3 is 20.4 Å². The average molecular weight is 438 g/mol. The fraction of sp³-hybridized carbons (Fsp3) is 0.560. The highest BCUT2D eigenvalue weighted by Crippen LogP contribution is 2.35. The topological polar surface area (TPSA) is 95.1 Å². The number of hydrogen-bond donors (Lipinski definition) is 2. The number of nitrogens with one attached hydrogen (secondary N) is 1. The molecule has 0 spiro atoms. The molecule has 4 atom stereocenters.